The standard InChI is InChI=1S/C23H21N5O2/c1-15-14-20(29)26-23(24-15)28-19(13-16(2)27-28)25-22(30)21(17-9-5-3-6-10-17)18-11-7-4-8-12-18/h3-14,21H,1-2H3,(H,25,30)(H,24,26,29). The highest BCUT2D eigenvalue weighted by atomic mass is 16.2. The van der Waals surface area contributed by atoms with Crippen LogP contribution in [-0.2, 0) is 4.79 Å². The SMILES string of the molecule is Cc1cc(=O)[nH]c(-n2nc(C)cc2NC(=O)C(c2ccccc2)c2ccccc2)n1. The van der Waals surface area contributed by atoms with Crippen LogP contribution in [0, 0.1) is 13.8 Å². The molecule has 0 atom stereocenters. The second-order valence-corrected chi connectivity index (χ2v) is 7.04. The molecule has 1 amide bonds. The third kappa shape index (κ3) is 4.05. The maximum Gasteiger partial charge on any atom is 0.252 e. The predicted molar refractivity (Wildman–Crippen MR) is 115 cm³/mol. The molecular weight excluding hydrogens is 378 g/mol. The molecule has 0 bridgehead atoms. The number of amides is 1. The van der Waals surface area contributed by atoms with Crippen molar-refractivity contribution in [1.29, 1.82) is 0 Å². The molecule has 0 radical (unpaired) electrons. The minimum Gasteiger partial charge on any atom is -0.310 e. The summed E-state index contributed by atoms with van der Waals surface area (Å²) in [6.45, 7) is 3.54. The van der Waals surface area contributed by atoms with E-state index in [0.29, 0.717) is 17.2 Å². The van der Waals surface area contributed by atoms with Crippen molar-refractivity contribution in [1.82, 2.24) is 19.7 Å². The lowest BCUT2D eigenvalue weighted by Crippen LogP contribution is -2.24. The summed E-state index contributed by atoms with van der Waals surface area (Å²) >= 11 is 0. The summed E-state index contributed by atoms with van der Waals surface area (Å²) in [5.41, 5.74) is 2.72. The lowest BCUT2D eigenvalue weighted by Gasteiger charge is -2.18. The summed E-state index contributed by atoms with van der Waals surface area (Å²) in [5, 5.41) is 7.36. The van der Waals surface area contributed by atoms with Crippen LogP contribution < -0.4 is 10.9 Å². The first-order valence-corrected chi connectivity index (χ1v) is 9.57. The minimum absolute atomic E-state index is 0.205. The summed E-state index contributed by atoms with van der Waals surface area (Å²) in [6.07, 6.45) is 0. The zero-order chi connectivity index (χ0) is 21.1. The number of hydrogen-bond acceptors (Lipinski definition) is 4. The first-order chi connectivity index (χ1) is 14.5. The van der Waals surface area contributed by atoms with Gasteiger partial charge in [-0.3, -0.25) is 14.6 Å². The van der Waals surface area contributed by atoms with Crippen LogP contribution in [0.1, 0.15) is 28.4 Å². The molecule has 2 heterocycles. The molecule has 0 saturated heterocycles. The monoisotopic (exact) mass is 399 g/mol. The lowest BCUT2D eigenvalue weighted by atomic mass is 9.90. The molecule has 0 aliphatic heterocycles. The number of benzene rings is 2. The Kier molecular flexibility index (Phi) is 5.26. The van der Waals surface area contributed by atoms with Gasteiger partial charge in [0.25, 0.3) is 5.56 Å². The number of aryl methyl sites for hydroxylation is 2. The molecule has 0 unspecified atom stereocenters. The van der Waals surface area contributed by atoms with Crippen molar-refractivity contribution in [2.45, 2.75) is 19.8 Å². The van der Waals surface area contributed by atoms with Crippen molar-refractivity contribution in [3.05, 3.63) is 106 Å². The van der Waals surface area contributed by atoms with E-state index in [1.807, 2.05) is 67.6 Å². The Morgan fingerprint density at radius 2 is 1.53 bits per heavy atom. The number of carbonyl (C=O) groups is 1. The first kappa shape index (κ1) is 19.3. The van der Waals surface area contributed by atoms with Crippen LogP contribution in [0.2, 0.25) is 0 Å². The molecule has 2 N–H and O–H groups in total. The van der Waals surface area contributed by atoms with E-state index < -0.39 is 5.92 Å². The van der Waals surface area contributed by atoms with Gasteiger partial charge in [-0.15, -0.1) is 0 Å². The average Bonchev–Trinajstić information content (AvgIpc) is 3.09. The molecule has 150 valence electrons. The first-order valence-electron chi connectivity index (χ1n) is 9.57. The summed E-state index contributed by atoms with van der Waals surface area (Å²) in [7, 11) is 0. The zero-order valence-electron chi connectivity index (χ0n) is 16.7. The Bertz CT molecular complexity index is 1190. The van der Waals surface area contributed by atoms with E-state index in [1.54, 1.807) is 13.0 Å². The molecule has 0 saturated carbocycles. The van der Waals surface area contributed by atoms with Gasteiger partial charge in [0.1, 0.15) is 5.82 Å². The highest BCUT2D eigenvalue weighted by Crippen LogP contribution is 2.26. The largest absolute Gasteiger partial charge is 0.310 e. The predicted octanol–water partition coefficient (Wildman–Crippen LogP) is 3.34. The van der Waals surface area contributed by atoms with E-state index >= 15 is 0 Å². The highest BCUT2D eigenvalue weighted by Gasteiger charge is 2.24. The fourth-order valence-corrected chi connectivity index (χ4v) is 3.40. The van der Waals surface area contributed by atoms with Crippen molar-refractivity contribution in [3.8, 4) is 5.95 Å². The molecule has 7 nitrogen and oxygen atoms in total. The van der Waals surface area contributed by atoms with Gasteiger partial charge in [-0.25, -0.2) is 4.98 Å². The van der Waals surface area contributed by atoms with Crippen LogP contribution >= 0.6 is 0 Å². The van der Waals surface area contributed by atoms with Crippen molar-refractivity contribution < 1.29 is 4.79 Å². The van der Waals surface area contributed by atoms with Gasteiger partial charge < -0.3 is 5.32 Å². The quantitative estimate of drug-likeness (QED) is 0.538. The van der Waals surface area contributed by atoms with Gasteiger partial charge in [0.15, 0.2) is 0 Å². The van der Waals surface area contributed by atoms with E-state index in [2.05, 4.69) is 20.4 Å². The number of nitrogens with zero attached hydrogens (tertiary/aromatic N) is 3. The van der Waals surface area contributed by atoms with Gasteiger partial charge in [-0.2, -0.15) is 9.78 Å². The van der Waals surface area contributed by atoms with Crippen molar-refractivity contribution in [2.24, 2.45) is 0 Å². The normalized spacial score (nSPS) is 10.9. The number of aromatic nitrogens is 4. The van der Waals surface area contributed by atoms with Crippen LogP contribution in [0.25, 0.3) is 5.95 Å². The van der Waals surface area contributed by atoms with Crippen molar-refractivity contribution in [3.63, 3.8) is 0 Å². The number of nitrogens with one attached hydrogen (secondary N) is 2. The van der Waals surface area contributed by atoms with Crippen molar-refractivity contribution >= 4 is 11.7 Å². The van der Waals surface area contributed by atoms with E-state index in [1.165, 1.54) is 10.7 Å². The Hall–Kier alpha value is -4.00. The molecule has 0 fully saturated rings. The molecule has 7 heteroatoms. The molecule has 0 aliphatic rings. The number of anilines is 1. The number of H-pyrrole nitrogens is 1. The van der Waals surface area contributed by atoms with Gasteiger partial charge >= 0.3 is 0 Å². The summed E-state index contributed by atoms with van der Waals surface area (Å²) in [6, 6.07) is 22.3. The lowest BCUT2D eigenvalue weighted by molar-refractivity contribution is -0.116. The van der Waals surface area contributed by atoms with Gasteiger partial charge in [-0.1, -0.05) is 60.7 Å². The molecular formula is C23H21N5O2. The number of rotatable bonds is 5. The molecule has 2 aromatic heterocycles. The van der Waals surface area contributed by atoms with Crippen LogP contribution in [-0.4, -0.2) is 25.7 Å². The fraction of sp³-hybridized carbons (Fsp3) is 0.130. The van der Waals surface area contributed by atoms with E-state index in [9.17, 15) is 9.59 Å². The van der Waals surface area contributed by atoms with Crippen molar-refractivity contribution in [2.75, 3.05) is 5.32 Å². The third-order valence-corrected chi connectivity index (χ3v) is 4.67. The second-order valence-electron chi connectivity index (χ2n) is 7.04. The fourth-order valence-electron chi connectivity index (χ4n) is 3.40. The van der Waals surface area contributed by atoms with Crippen LogP contribution in [0.4, 0.5) is 5.82 Å². The molecule has 4 rings (SSSR count). The number of hydrogen-bond donors (Lipinski definition) is 2. The molecule has 0 aliphatic carbocycles. The zero-order valence-corrected chi connectivity index (χ0v) is 16.7. The Balaban J connectivity index is 1.73. The number of aromatic amines is 1. The third-order valence-electron chi connectivity index (χ3n) is 4.67. The Labute approximate surface area is 173 Å². The summed E-state index contributed by atoms with van der Waals surface area (Å²) in [5.74, 6) is -0.0217. The van der Waals surface area contributed by atoms with E-state index in [4.69, 9.17) is 0 Å². The number of carbonyl (C=O) groups excluding carboxylic acids is 1. The van der Waals surface area contributed by atoms with Gasteiger partial charge in [0, 0.05) is 17.8 Å². The van der Waals surface area contributed by atoms with Gasteiger partial charge in [0.2, 0.25) is 11.9 Å². The molecule has 2 aromatic carbocycles. The van der Waals surface area contributed by atoms with Crippen LogP contribution in [0.15, 0.2) is 77.6 Å². The Morgan fingerprint density at radius 3 is 2.10 bits per heavy atom. The maximum absolute atomic E-state index is 13.4. The van der Waals surface area contributed by atoms with Crippen LogP contribution in [0.5, 0.6) is 0 Å². The molecule has 30 heavy (non-hydrogen) atoms. The average molecular weight is 399 g/mol. The maximum atomic E-state index is 13.4. The summed E-state index contributed by atoms with van der Waals surface area (Å²) < 4.78 is 1.44. The van der Waals surface area contributed by atoms with Gasteiger partial charge in [-0.05, 0) is 25.0 Å². The minimum atomic E-state index is -0.499. The topological polar surface area (TPSA) is 92.7 Å². The molecule has 4 aromatic rings. The van der Waals surface area contributed by atoms with Crippen LogP contribution in [0.3, 0.4) is 0 Å². The second kappa shape index (κ2) is 8.16. The van der Waals surface area contributed by atoms with E-state index in [-0.39, 0.29) is 17.4 Å². The van der Waals surface area contributed by atoms with E-state index in [0.717, 1.165) is 11.1 Å². The summed E-state index contributed by atoms with van der Waals surface area (Å²) in [4.78, 5) is 32.3. The highest BCUT2D eigenvalue weighted by molar-refractivity contribution is 5.97. The molecule has 0 spiro atoms. The Morgan fingerprint density at radius 1 is 0.933 bits per heavy atom. The smallest absolute Gasteiger partial charge is 0.252 e. The van der Waals surface area contributed by atoms with Gasteiger partial charge in [0.05, 0.1) is 11.6 Å².